The molecule has 0 spiro atoms. The van der Waals surface area contributed by atoms with E-state index in [1.165, 1.54) is 97.9 Å². The third-order valence-corrected chi connectivity index (χ3v) is 6.60. The smallest absolute Gasteiger partial charge is 0.0994 e. The molecule has 0 aliphatic heterocycles. The van der Waals surface area contributed by atoms with Crippen LogP contribution in [0.25, 0.3) is 10.4 Å². The molecule has 0 saturated heterocycles. The molecule has 152 valence electrons. The summed E-state index contributed by atoms with van der Waals surface area (Å²) in [4.78, 5) is 2.64. The second-order valence-electron chi connectivity index (χ2n) is 8.03. The number of rotatable bonds is 14. The lowest BCUT2D eigenvalue weighted by Gasteiger charge is -2.07. The summed E-state index contributed by atoms with van der Waals surface area (Å²) in [6, 6.07) is 13.1. The standard InChI is InChI=1S/C26H37NS/c1-3-4-5-6-7-8-9-10-11-12-13-14-15-23-20-24(17-18-25(23)21-27)26-19-16-22(2)28-26/h16-20H,3-15H2,1-2H3. The van der Waals surface area contributed by atoms with Gasteiger partial charge in [0.25, 0.3) is 0 Å². The molecular formula is C26H37NS. The summed E-state index contributed by atoms with van der Waals surface area (Å²) in [5.74, 6) is 0. The maximum Gasteiger partial charge on any atom is 0.0994 e. The Balaban J connectivity index is 1.64. The number of thiophene rings is 1. The molecule has 0 fully saturated rings. The molecule has 2 rings (SSSR count). The van der Waals surface area contributed by atoms with Gasteiger partial charge in [0.1, 0.15) is 0 Å². The van der Waals surface area contributed by atoms with Gasteiger partial charge in [-0.1, -0.05) is 83.6 Å². The average molecular weight is 396 g/mol. The van der Waals surface area contributed by atoms with Crippen LogP contribution < -0.4 is 0 Å². The van der Waals surface area contributed by atoms with E-state index in [0.717, 1.165) is 12.0 Å². The molecule has 0 radical (unpaired) electrons. The average Bonchev–Trinajstić information content (AvgIpc) is 3.15. The van der Waals surface area contributed by atoms with E-state index in [1.807, 2.05) is 17.4 Å². The van der Waals surface area contributed by atoms with Crippen molar-refractivity contribution in [3.05, 3.63) is 46.3 Å². The SMILES string of the molecule is CCCCCCCCCCCCCCc1cc(-c2ccc(C)s2)ccc1C#N. The van der Waals surface area contributed by atoms with Crippen LogP contribution in [0.5, 0.6) is 0 Å². The molecule has 1 aromatic heterocycles. The summed E-state index contributed by atoms with van der Waals surface area (Å²) in [5.41, 5.74) is 3.32. The van der Waals surface area contributed by atoms with Crippen molar-refractivity contribution >= 4 is 11.3 Å². The highest BCUT2D eigenvalue weighted by Crippen LogP contribution is 2.29. The molecule has 1 heterocycles. The summed E-state index contributed by atoms with van der Waals surface area (Å²) in [7, 11) is 0. The molecule has 2 heteroatoms. The highest BCUT2D eigenvalue weighted by Gasteiger charge is 2.07. The third kappa shape index (κ3) is 8.19. The van der Waals surface area contributed by atoms with E-state index in [1.54, 1.807) is 0 Å². The van der Waals surface area contributed by atoms with Crippen molar-refractivity contribution in [3.63, 3.8) is 0 Å². The fourth-order valence-electron chi connectivity index (χ4n) is 3.81. The van der Waals surface area contributed by atoms with Gasteiger partial charge in [0.15, 0.2) is 0 Å². The van der Waals surface area contributed by atoms with Crippen molar-refractivity contribution in [1.82, 2.24) is 0 Å². The third-order valence-electron chi connectivity index (χ3n) is 5.55. The Morgan fingerprint density at radius 1 is 0.786 bits per heavy atom. The van der Waals surface area contributed by atoms with Gasteiger partial charge in [-0.2, -0.15) is 5.26 Å². The summed E-state index contributed by atoms with van der Waals surface area (Å²) in [6.07, 6.45) is 17.5. The first-order chi connectivity index (χ1) is 13.7. The van der Waals surface area contributed by atoms with E-state index in [9.17, 15) is 5.26 Å². The van der Waals surface area contributed by atoms with Crippen LogP contribution in [0.3, 0.4) is 0 Å². The van der Waals surface area contributed by atoms with Gasteiger partial charge in [-0.15, -0.1) is 11.3 Å². The zero-order chi connectivity index (χ0) is 20.0. The molecule has 0 bridgehead atoms. The molecule has 0 amide bonds. The maximum atomic E-state index is 9.43. The molecule has 0 N–H and O–H groups in total. The van der Waals surface area contributed by atoms with E-state index in [0.29, 0.717) is 0 Å². The highest BCUT2D eigenvalue weighted by atomic mass is 32.1. The van der Waals surface area contributed by atoms with Crippen LogP contribution in [0.4, 0.5) is 0 Å². The monoisotopic (exact) mass is 395 g/mol. The Hall–Kier alpha value is -1.59. The van der Waals surface area contributed by atoms with Crippen LogP contribution in [-0.4, -0.2) is 0 Å². The topological polar surface area (TPSA) is 23.8 Å². The lowest BCUT2D eigenvalue weighted by atomic mass is 9.98. The zero-order valence-corrected chi connectivity index (χ0v) is 18.8. The Bertz CT molecular complexity index is 722. The van der Waals surface area contributed by atoms with Crippen molar-refractivity contribution in [2.75, 3.05) is 0 Å². The number of benzene rings is 1. The number of nitrogens with zero attached hydrogens (tertiary/aromatic N) is 1. The number of nitriles is 1. The number of hydrogen-bond donors (Lipinski definition) is 0. The Morgan fingerprint density at radius 3 is 1.93 bits per heavy atom. The van der Waals surface area contributed by atoms with E-state index in [2.05, 4.69) is 44.2 Å². The molecule has 2 aromatic rings. The quantitative estimate of drug-likeness (QED) is 0.293. The molecule has 0 aliphatic carbocycles. The molecule has 0 unspecified atom stereocenters. The van der Waals surface area contributed by atoms with Crippen LogP contribution in [0, 0.1) is 18.3 Å². The van der Waals surface area contributed by atoms with Crippen molar-refractivity contribution < 1.29 is 0 Å². The molecule has 1 aromatic carbocycles. The normalized spacial score (nSPS) is 10.9. The van der Waals surface area contributed by atoms with Gasteiger partial charge in [0, 0.05) is 9.75 Å². The van der Waals surface area contributed by atoms with Crippen LogP contribution in [0.15, 0.2) is 30.3 Å². The van der Waals surface area contributed by atoms with E-state index in [4.69, 9.17) is 0 Å². The van der Waals surface area contributed by atoms with Crippen LogP contribution in [0.1, 0.15) is 100.0 Å². The van der Waals surface area contributed by atoms with Gasteiger partial charge < -0.3 is 0 Å². The first kappa shape index (κ1) is 22.7. The van der Waals surface area contributed by atoms with Gasteiger partial charge in [-0.05, 0) is 55.2 Å². The minimum absolute atomic E-state index is 0.847. The van der Waals surface area contributed by atoms with Crippen LogP contribution >= 0.6 is 11.3 Å². The van der Waals surface area contributed by atoms with E-state index in [-0.39, 0.29) is 0 Å². The molecule has 1 nitrogen and oxygen atoms in total. The second-order valence-corrected chi connectivity index (χ2v) is 9.32. The van der Waals surface area contributed by atoms with Gasteiger partial charge in [0.2, 0.25) is 0 Å². The fourth-order valence-corrected chi connectivity index (χ4v) is 4.67. The minimum Gasteiger partial charge on any atom is -0.192 e. The summed E-state index contributed by atoms with van der Waals surface area (Å²) < 4.78 is 0. The van der Waals surface area contributed by atoms with E-state index < -0.39 is 0 Å². The molecule has 28 heavy (non-hydrogen) atoms. The molecule has 0 saturated carbocycles. The van der Waals surface area contributed by atoms with Crippen molar-refractivity contribution in [1.29, 1.82) is 5.26 Å². The Morgan fingerprint density at radius 2 is 1.39 bits per heavy atom. The van der Waals surface area contributed by atoms with Gasteiger partial charge >= 0.3 is 0 Å². The Kier molecular flexibility index (Phi) is 11.0. The largest absolute Gasteiger partial charge is 0.192 e. The molecule has 0 atom stereocenters. The number of unbranched alkanes of at least 4 members (excludes halogenated alkanes) is 11. The van der Waals surface area contributed by atoms with E-state index >= 15 is 0 Å². The summed E-state index contributed by atoms with van der Waals surface area (Å²) >= 11 is 1.83. The first-order valence-electron chi connectivity index (χ1n) is 11.3. The first-order valence-corrected chi connectivity index (χ1v) is 12.2. The van der Waals surface area contributed by atoms with Crippen LogP contribution in [0.2, 0.25) is 0 Å². The zero-order valence-electron chi connectivity index (χ0n) is 17.9. The minimum atomic E-state index is 0.847. The summed E-state index contributed by atoms with van der Waals surface area (Å²) in [6.45, 7) is 4.42. The highest BCUT2D eigenvalue weighted by molar-refractivity contribution is 7.15. The van der Waals surface area contributed by atoms with Crippen molar-refractivity contribution in [2.45, 2.75) is 97.3 Å². The predicted octanol–water partition coefficient (Wildman–Crippen LogP) is 8.84. The van der Waals surface area contributed by atoms with Crippen molar-refractivity contribution in [2.24, 2.45) is 0 Å². The molecule has 0 aliphatic rings. The fraction of sp³-hybridized carbons (Fsp3) is 0.577. The number of aryl methyl sites for hydroxylation is 2. The summed E-state index contributed by atoms with van der Waals surface area (Å²) in [5, 5.41) is 9.43. The Labute approximate surface area is 176 Å². The maximum absolute atomic E-state index is 9.43. The van der Waals surface area contributed by atoms with Gasteiger partial charge in [-0.25, -0.2) is 0 Å². The lowest BCUT2D eigenvalue weighted by Crippen LogP contribution is -1.92. The van der Waals surface area contributed by atoms with Gasteiger partial charge in [-0.3, -0.25) is 0 Å². The predicted molar refractivity (Wildman–Crippen MR) is 124 cm³/mol. The van der Waals surface area contributed by atoms with Crippen LogP contribution in [-0.2, 0) is 6.42 Å². The molecular weight excluding hydrogens is 358 g/mol. The number of hydrogen-bond acceptors (Lipinski definition) is 2. The second kappa shape index (κ2) is 13.6. The van der Waals surface area contributed by atoms with Crippen molar-refractivity contribution in [3.8, 4) is 16.5 Å². The van der Waals surface area contributed by atoms with Gasteiger partial charge in [0.05, 0.1) is 11.6 Å². The lowest BCUT2D eigenvalue weighted by molar-refractivity contribution is 0.544.